The predicted octanol–water partition coefficient (Wildman–Crippen LogP) is 2.66. The number of hydrogen-bond acceptors (Lipinski definition) is 5. The molecule has 0 saturated heterocycles. The van der Waals surface area contributed by atoms with Gasteiger partial charge in [-0.3, -0.25) is 14.0 Å². The summed E-state index contributed by atoms with van der Waals surface area (Å²) < 4.78 is 7.43. The van der Waals surface area contributed by atoms with Crippen molar-refractivity contribution in [1.82, 2.24) is 14.4 Å². The highest BCUT2D eigenvalue weighted by Gasteiger charge is 2.14. The van der Waals surface area contributed by atoms with Crippen molar-refractivity contribution < 1.29 is 9.53 Å². The van der Waals surface area contributed by atoms with Crippen LogP contribution in [0.3, 0.4) is 0 Å². The van der Waals surface area contributed by atoms with Crippen molar-refractivity contribution in [1.29, 1.82) is 0 Å². The quantitative estimate of drug-likeness (QED) is 0.509. The highest BCUT2D eigenvalue weighted by atomic mass is 79.9. The van der Waals surface area contributed by atoms with Crippen LogP contribution in [0.4, 0.5) is 0 Å². The Bertz CT molecular complexity index is 1310. The number of ether oxygens (including phenoxy) is 1. The second-order valence-corrected chi connectivity index (χ2v) is 6.75. The van der Waals surface area contributed by atoms with Crippen LogP contribution < -0.4 is 11.1 Å². The third-order valence-corrected chi connectivity index (χ3v) is 4.47. The summed E-state index contributed by atoms with van der Waals surface area (Å²) in [4.78, 5) is 43.5. The number of rotatable bonds is 3. The molecule has 3 heterocycles. The van der Waals surface area contributed by atoms with Crippen molar-refractivity contribution in [3.63, 3.8) is 0 Å². The minimum absolute atomic E-state index is 0.163. The fourth-order valence-corrected chi connectivity index (χ4v) is 3.13. The average molecular weight is 426 g/mol. The SMILES string of the molecule is O=C(OCc1cc(=O)n2cc(Br)ccc2n1)c1cc(=O)[nH]c2ccccc12. The zero-order valence-electron chi connectivity index (χ0n) is 13.8. The number of carbonyl (C=O) groups excluding carboxylic acids is 1. The Labute approximate surface area is 160 Å². The lowest BCUT2D eigenvalue weighted by Crippen LogP contribution is -2.17. The van der Waals surface area contributed by atoms with Crippen LogP contribution in [0.1, 0.15) is 16.1 Å². The maximum Gasteiger partial charge on any atom is 0.339 e. The van der Waals surface area contributed by atoms with E-state index in [1.54, 1.807) is 42.6 Å². The number of H-pyrrole nitrogens is 1. The maximum absolute atomic E-state index is 12.5. The van der Waals surface area contributed by atoms with Crippen molar-refractivity contribution in [3.8, 4) is 0 Å². The van der Waals surface area contributed by atoms with Gasteiger partial charge in [-0.2, -0.15) is 0 Å². The Morgan fingerprint density at radius 3 is 2.81 bits per heavy atom. The zero-order chi connectivity index (χ0) is 19.0. The van der Waals surface area contributed by atoms with Gasteiger partial charge in [0.05, 0.1) is 11.3 Å². The summed E-state index contributed by atoms with van der Waals surface area (Å²) in [5.41, 5.74) is 0.797. The van der Waals surface area contributed by atoms with E-state index in [1.807, 2.05) is 0 Å². The van der Waals surface area contributed by atoms with Gasteiger partial charge < -0.3 is 9.72 Å². The van der Waals surface area contributed by atoms with E-state index in [4.69, 9.17) is 4.74 Å². The van der Waals surface area contributed by atoms with E-state index in [2.05, 4.69) is 25.9 Å². The van der Waals surface area contributed by atoms with Gasteiger partial charge in [0, 0.05) is 33.7 Å². The molecule has 1 aromatic carbocycles. The molecule has 0 aliphatic heterocycles. The van der Waals surface area contributed by atoms with Crippen LogP contribution in [0.15, 0.2) is 68.8 Å². The third kappa shape index (κ3) is 3.39. The summed E-state index contributed by atoms with van der Waals surface area (Å²) >= 11 is 3.30. The van der Waals surface area contributed by atoms with Crippen LogP contribution in [0.2, 0.25) is 0 Å². The van der Waals surface area contributed by atoms with Crippen molar-refractivity contribution in [2.24, 2.45) is 0 Å². The predicted molar refractivity (Wildman–Crippen MR) is 103 cm³/mol. The number of halogens is 1. The minimum Gasteiger partial charge on any atom is -0.456 e. The molecule has 0 aliphatic rings. The number of carbonyl (C=O) groups is 1. The Morgan fingerprint density at radius 2 is 1.96 bits per heavy atom. The number of nitrogens with zero attached hydrogens (tertiary/aromatic N) is 2. The summed E-state index contributed by atoms with van der Waals surface area (Å²) in [6.07, 6.45) is 1.61. The van der Waals surface area contributed by atoms with Gasteiger partial charge in [0.2, 0.25) is 5.56 Å². The van der Waals surface area contributed by atoms with Crippen LogP contribution >= 0.6 is 15.9 Å². The number of hydrogen-bond donors (Lipinski definition) is 1. The van der Waals surface area contributed by atoms with Crippen molar-refractivity contribution in [2.45, 2.75) is 6.61 Å². The molecule has 0 saturated carbocycles. The fraction of sp³-hybridized carbons (Fsp3) is 0.0526. The van der Waals surface area contributed by atoms with Gasteiger partial charge in [-0.1, -0.05) is 18.2 Å². The highest BCUT2D eigenvalue weighted by Crippen LogP contribution is 2.16. The molecule has 1 N–H and O–H groups in total. The van der Waals surface area contributed by atoms with Gasteiger partial charge >= 0.3 is 5.97 Å². The van der Waals surface area contributed by atoms with E-state index >= 15 is 0 Å². The molecule has 7 nitrogen and oxygen atoms in total. The molecule has 8 heteroatoms. The number of fused-ring (bicyclic) bond motifs is 2. The molecule has 27 heavy (non-hydrogen) atoms. The molecule has 134 valence electrons. The highest BCUT2D eigenvalue weighted by molar-refractivity contribution is 9.10. The van der Waals surface area contributed by atoms with Crippen LogP contribution in [0.5, 0.6) is 0 Å². The second-order valence-electron chi connectivity index (χ2n) is 5.83. The number of benzene rings is 1. The molecular formula is C19H12BrN3O4. The number of aromatic amines is 1. The number of aromatic nitrogens is 3. The largest absolute Gasteiger partial charge is 0.456 e. The van der Waals surface area contributed by atoms with Crippen LogP contribution in [0.25, 0.3) is 16.6 Å². The fourth-order valence-electron chi connectivity index (χ4n) is 2.79. The molecule has 3 aromatic heterocycles. The molecule has 0 amide bonds. The zero-order valence-corrected chi connectivity index (χ0v) is 15.4. The summed E-state index contributed by atoms with van der Waals surface area (Å²) in [5.74, 6) is -0.657. The first-order valence-electron chi connectivity index (χ1n) is 7.98. The second kappa shape index (κ2) is 6.81. The van der Waals surface area contributed by atoms with E-state index in [0.29, 0.717) is 22.2 Å². The first-order chi connectivity index (χ1) is 13.0. The summed E-state index contributed by atoms with van der Waals surface area (Å²) in [6, 6.07) is 12.9. The van der Waals surface area contributed by atoms with E-state index in [-0.39, 0.29) is 17.7 Å². The molecule has 0 aliphatic carbocycles. The lowest BCUT2D eigenvalue weighted by atomic mass is 10.1. The Balaban J connectivity index is 1.64. The number of nitrogens with one attached hydrogen (secondary N) is 1. The van der Waals surface area contributed by atoms with Crippen molar-refractivity contribution in [2.75, 3.05) is 0 Å². The monoisotopic (exact) mass is 425 g/mol. The smallest absolute Gasteiger partial charge is 0.339 e. The molecule has 4 rings (SSSR count). The lowest BCUT2D eigenvalue weighted by molar-refractivity contribution is 0.0470. The Morgan fingerprint density at radius 1 is 1.15 bits per heavy atom. The van der Waals surface area contributed by atoms with Crippen LogP contribution in [-0.4, -0.2) is 20.3 Å². The summed E-state index contributed by atoms with van der Waals surface area (Å²) in [6.45, 7) is -0.179. The van der Waals surface area contributed by atoms with Gasteiger partial charge in [0.1, 0.15) is 12.3 Å². The molecule has 0 unspecified atom stereocenters. The van der Waals surface area contributed by atoms with Crippen molar-refractivity contribution in [3.05, 3.63) is 91.2 Å². The topological polar surface area (TPSA) is 93.5 Å². The van der Waals surface area contributed by atoms with E-state index in [0.717, 1.165) is 4.47 Å². The third-order valence-electron chi connectivity index (χ3n) is 4.00. The van der Waals surface area contributed by atoms with E-state index < -0.39 is 11.5 Å². The standard InChI is InChI=1S/C19H12BrN3O4/c20-11-5-6-16-21-12(7-18(25)23(16)9-11)10-27-19(26)14-8-17(24)22-15-4-2-1-3-13(14)15/h1-9H,10H2,(H,22,24). The molecule has 0 bridgehead atoms. The number of esters is 1. The molecular weight excluding hydrogens is 414 g/mol. The summed E-state index contributed by atoms with van der Waals surface area (Å²) in [7, 11) is 0. The van der Waals surface area contributed by atoms with Gasteiger partial charge in [-0.15, -0.1) is 0 Å². The summed E-state index contributed by atoms with van der Waals surface area (Å²) in [5, 5.41) is 0.582. The van der Waals surface area contributed by atoms with Crippen LogP contribution in [-0.2, 0) is 11.3 Å². The Hall–Kier alpha value is -3.26. The molecule has 0 radical (unpaired) electrons. The molecule has 0 atom stereocenters. The minimum atomic E-state index is -0.657. The average Bonchev–Trinajstić information content (AvgIpc) is 2.66. The van der Waals surface area contributed by atoms with Gasteiger partial charge in [-0.05, 0) is 34.1 Å². The molecule has 4 aromatic rings. The van der Waals surface area contributed by atoms with Crippen LogP contribution in [0, 0.1) is 0 Å². The Kier molecular flexibility index (Phi) is 4.33. The molecule has 0 spiro atoms. The molecule has 0 fully saturated rings. The normalized spacial score (nSPS) is 11.0. The number of pyridine rings is 2. The van der Waals surface area contributed by atoms with Crippen molar-refractivity contribution >= 4 is 38.4 Å². The lowest BCUT2D eigenvalue weighted by Gasteiger charge is -2.08. The van der Waals surface area contributed by atoms with Gasteiger partial charge in [-0.25, -0.2) is 9.78 Å². The maximum atomic E-state index is 12.5. The van der Waals surface area contributed by atoms with Gasteiger partial charge in [0.15, 0.2) is 0 Å². The first-order valence-corrected chi connectivity index (χ1v) is 8.77. The number of para-hydroxylation sites is 1. The first kappa shape index (κ1) is 17.2. The van der Waals surface area contributed by atoms with E-state index in [9.17, 15) is 14.4 Å². The van der Waals surface area contributed by atoms with Gasteiger partial charge in [0.25, 0.3) is 5.56 Å². The van der Waals surface area contributed by atoms with E-state index in [1.165, 1.54) is 16.5 Å².